The molecule has 0 atom stereocenters. The number of benzene rings is 4. The summed E-state index contributed by atoms with van der Waals surface area (Å²) in [5.74, 6) is 1.50. The van der Waals surface area contributed by atoms with Gasteiger partial charge in [0, 0.05) is 37.8 Å². The second kappa shape index (κ2) is 29.5. The molecule has 2 aromatic heterocycles. The topological polar surface area (TPSA) is 71.1 Å². The van der Waals surface area contributed by atoms with E-state index in [9.17, 15) is 9.59 Å². The molecule has 77 heavy (non-hydrogen) atoms. The van der Waals surface area contributed by atoms with Crippen LogP contribution in [-0.2, 0) is 24.5 Å². The Bertz CT molecular complexity index is 2660. The fraction of sp³-hybridized carbons (Fsp3) is 0.391. The molecule has 1 fully saturated rings. The minimum atomic E-state index is -0.392. The van der Waals surface area contributed by atoms with Crippen molar-refractivity contribution in [3.05, 3.63) is 171 Å². The molecular formula is C69H80O6S2. The Hall–Kier alpha value is -6.22. The van der Waals surface area contributed by atoms with E-state index < -0.39 is 12.2 Å². The molecule has 1 spiro atoms. The first-order valence-electron chi connectivity index (χ1n) is 28.7. The van der Waals surface area contributed by atoms with Gasteiger partial charge in [-0.05, 0) is 192 Å². The molecule has 6 nitrogen and oxygen atoms in total. The van der Waals surface area contributed by atoms with E-state index in [4.69, 9.17) is 18.9 Å². The van der Waals surface area contributed by atoms with E-state index in [0.29, 0.717) is 12.8 Å². The van der Waals surface area contributed by atoms with Gasteiger partial charge in [0.15, 0.2) is 0 Å². The van der Waals surface area contributed by atoms with Gasteiger partial charge in [-0.1, -0.05) is 140 Å². The fourth-order valence-corrected chi connectivity index (χ4v) is 13.1. The van der Waals surface area contributed by atoms with Crippen molar-refractivity contribution in [2.45, 2.75) is 159 Å². The average molecular weight is 1070 g/mol. The van der Waals surface area contributed by atoms with Crippen LogP contribution in [0.15, 0.2) is 160 Å². The van der Waals surface area contributed by atoms with Crippen LogP contribution >= 0.6 is 22.7 Å². The Morgan fingerprint density at radius 3 is 1.12 bits per heavy atom. The number of carbonyl (C=O) groups excluding carboxylic acids is 2. The van der Waals surface area contributed by atoms with Gasteiger partial charge in [0.1, 0.15) is 23.7 Å². The highest BCUT2D eigenvalue weighted by molar-refractivity contribution is 7.19. The number of ether oxygens (including phenoxy) is 4. The van der Waals surface area contributed by atoms with Crippen molar-refractivity contribution < 1.29 is 28.5 Å². The van der Waals surface area contributed by atoms with Crippen molar-refractivity contribution in [3.8, 4) is 64.4 Å². The molecule has 2 heterocycles. The second-order valence-corrected chi connectivity index (χ2v) is 23.1. The number of carbonyl (C=O) groups is 2. The van der Waals surface area contributed by atoms with E-state index in [1.165, 1.54) is 141 Å². The van der Waals surface area contributed by atoms with Crippen LogP contribution in [-0.4, -0.2) is 37.4 Å². The summed E-state index contributed by atoms with van der Waals surface area (Å²) < 4.78 is 22.9. The summed E-state index contributed by atoms with van der Waals surface area (Å²) in [4.78, 5) is 29.0. The van der Waals surface area contributed by atoms with Crippen molar-refractivity contribution in [2.75, 3.05) is 13.2 Å². The minimum absolute atomic E-state index is 0.0614. The van der Waals surface area contributed by atoms with Crippen molar-refractivity contribution in [2.24, 2.45) is 0 Å². The van der Waals surface area contributed by atoms with Crippen molar-refractivity contribution in [1.82, 2.24) is 0 Å². The van der Waals surface area contributed by atoms with Crippen LogP contribution in [0.1, 0.15) is 152 Å². The predicted octanol–water partition coefficient (Wildman–Crippen LogP) is 19.7. The molecular weight excluding hydrogens is 989 g/mol. The fourth-order valence-electron chi connectivity index (χ4n) is 11.1. The number of hydrogen-bond donors (Lipinski definition) is 0. The van der Waals surface area contributed by atoms with E-state index in [2.05, 4.69) is 136 Å². The third-order valence-electron chi connectivity index (χ3n) is 15.4. The third kappa shape index (κ3) is 15.7. The lowest BCUT2D eigenvalue weighted by molar-refractivity contribution is -0.146. The number of hydrogen-bond acceptors (Lipinski definition) is 8. The number of unbranched alkanes of at least 4 members (excludes halogenated alkanes) is 14. The summed E-state index contributed by atoms with van der Waals surface area (Å²) in [6.45, 7) is 16.1. The summed E-state index contributed by atoms with van der Waals surface area (Å²) in [5.41, 5.74) is 10.9. The molecule has 2 aliphatic rings. The van der Waals surface area contributed by atoms with Gasteiger partial charge in [-0.15, -0.1) is 22.7 Å². The van der Waals surface area contributed by atoms with E-state index in [1.807, 2.05) is 22.7 Å². The molecule has 8 rings (SSSR count). The first kappa shape index (κ1) is 57.0. The molecule has 0 saturated heterocycles. The Balaban J connectivity index is 0.763. The Kier molecular flexibility index (Phi) is 21.8. The summed E-state index contributed by atoms with van der Waals surface area (Å²) in [7, 11) is 0. The molecule has 0 bridgehead atoms. The van der Waals surface area contributed by atoms with Gasteiger partial charge in [-0.3, -0.25) is 9.59 Å². The minimum Gasteiger partial charge on any atom is -0.494 e. The van der Waals surface area contributed by atoms with Crippen LogP contribution < -0.4 is 9.47 Å². The van der Waals surface area contributed by atoms with Gasteiger partial charge in [0.05, 0.1) is 13.2 Å². The summed E-state index contributed by atoms with van der Waals surface area (Å²) in [5, 5.41) is 0. The molecule has 8 heteroatoms. The lowest BCUT2D eigenvalue weighted by Gasteiger charge is -2.27. The van der Waals surface area contributed by atoms with E-state index >= 15 is 0 Å². The zero-order chi connectivity index (χ0) is 53.7. The largest absolute Gasteiger partial charge is 0.494 e. The molecule has 0 unspecified atom stereocenters. The van der Waals surface area contributed by atoms with Gasteiger partial charge < -0.3 is 18.9 Å². The number of esters is 2. The summed E-state index contributed by atoms with van der Waals surface area (Å²) >= 11 is 3.74. The number of rotatable bonds is 34. The smallest absolute Gasteiger partial charge is 0.306 e. The average Bonchev–Trinajstić information content (AvgIpc) is 4.41. The lowest BCUT2D eigenvalue weighted by Crippen LogP contribution is -2.20. The standard InChI is InChI=1S/C69H80O6S2/c1-5-55(6-2)74-67(70)27-21-17-13-9-11-15-19-25-47-72-57-35-29-51(30-36-57)63-41-43-65(76-63)53-33-39-59-60-40-34-54(50-62(60)69(61(59)49-53)45-23-24-46-69)66-44-42-64(77-66)52-31-37-58(38-32-52)73-48-26-20-16-12-10-14-18-22-28-68(71)75-56(7-3)8-4/h5-8,29-44,49-50,55-56H,1-4,9-28,45-48H2. The van der Waals surface area contributed by atoms with Gasteiger partial charge >= 0.3 is 11.9 Å². The van der Waals surface area contributed by atoms with Gasteiger partial charge in [0.2, 0.25) is 0 Å². The second-order valence-electron chi connectivity index (χ2n) is 20.9. The highest BCUT2D eigenvalue weighted by Gasteiger charge is 2.45. The Labute approximate surface area is 468 Å². The summed E-state index contributed by atoms with van der Waals surface area (Å²) in [6.07, 6.45) is 29.2. The van der Waals surface area contributed by atoms with E-state index in [-0.39, 0.29) is 17.4 Å². The van der Waals surface area contributed by atoms with E-state index in [1.54, 1.807) is 24.3 Å². The Morgan fingerprint density at radius 1 is 0.429 bits per heavy atom. The first-order chi connectivity index (χ1) is 37.8. The van der Waals surface area contributed by atoms with Gasteiger partial charge in [-0.25, -0.2) is 0 Å². The Morgan fingerprint density at radius 2 is 0.753 bits per heavy atom. The molecule has 6 aromatic rings. The summed E-state index contributed by atoms with van der Waals surface area (Å²) in [6, 6.07) is 40.9. The monoisotopic (exact) mass is 1070 g/mol. The predicted molar refractivity (Wildman–Crippen MR) is 323 cm³/mol. The number of thiophene rings is 2. The normalized spacial score (nSPS) is 13.1. The van der Waals surface area contributed by atoms with Crippen molar-refractivity contribution in [1.29, 1.82) is 0 Å². The molecule has 0 amide bonds. The zero-order valence-electron chi connectivity index (χ0n) is 45.4. The molecule has 2 aliphatic carbocycles. The van der Waals surface area contributed by atoms with Crippen LogP contribution in [0.25, 0.3) is 52.9 Å². The maximum atomic E-state index is 11.9. The first-order valence-corrected chi connectivity index (χ1v) is 30.3. The molecule has 1 saturated carbocycles. The van der Waals surface area contributed by atoms with Crippen molar-refractivity contribution >= 4 is 34.6 Å². The molecule has 0 N–H and O–H groups in total. The van der Waals surface area contributed by atoms with Gasteiger partial charge in [0.25, 0.3) is 0 Å². The highest BCUT2D eigenvalue weighted by atomic mass is 32.1. The quantitative estimate of drug-likeness (QED) is 0.0228. The SMILES string of the molecule is C=CC(C=C)OC(=O)CCCCCCCCCCOc1ccc(-c2ccc(-c3ccc4c(c3)C3(CCCC3)c3cc(-c5ccc(-c6ccc(OCCCCCCCCCCC(=O)OC(C=C)C=C)cc6)s5)ccc3-4)s2)cc1. The molecule has 404 valence electrons. The maximum Gasteiger partial charge on any atom is 0.306 e. The highest BCUT2D eigenvalue weighted by Crippen LogP contribution is 2.58. The molecule has 0 aliphatic heterocycles. The van der Waals surface area contributed by atoms with Crippen LogP contribution in [0.2, 0.25) is 0 Å². The number of fused-ring (bicyclic) bond motifs is 5. The van der Waals surface area contributed by atoms with Crippen molar-refractivity contribution in [3.63, 3.8) is 0 Å². The van der Waals surface area contributed by atoms with Crippen LogP contribution in [0.5, 0.6) is 11.5 Å². The molecule has 4 aromatic carbocycles. The van der Waals surface area contributed by atoms with Crippen LogP contribution in [0.3, 0.4) is 0 Å². The van der Waals surface area contributed by atoms with E-state index in [0.717, 1.165) is 76.1 Å². The zero-order valence-corrected chi connectivity index (χ0v) is 47.1. The maximum absolute atomic E-state index is 11.9. The molecule has 0 radical (unpaired) electrons. The third-order valence-corrected chi connectivity index (χ3v) is 17.8. The van der Waals surface area contributed by atoms with Gasteiger partial charge in [-0.2, -0.15) is 0 Å². The van der Waals surface area contributed by atoms with Crippen LogP contribution in [0, 0.1) is 0 Å². The van der Waals surface area contributed by atoms with Crippen LogP contribution in [0.4, 0.5) is 0 Å². The lowest BCUT2D eigenvalue weighted by atomic mass is 9.76.